The van der Waals surface area contributed by atoms with E-state index in [0.717, 1.165) is 31.7 Å². The third kappa shape index (κ3) is 3.49. The van der Waals surface area contributed by atoms with Gasteiger partial charge in [-0.25, -0.2) is 0 Å². The lowest BCUT2D eigenvalue weighted by Gasteiger charge is -2.56. The maximum absolute atomic E-state index is 12.5. The summed E-state index contributed by atoms with van der Waals surface area (Å²) < 4.78 is 0. The summed E-state index contributed by atoms with van der Waals surface area (Å²) in [6, 6.07) is 6.03. The molecule has 1 aromatic rings. The van der Waals surface area contributed by atoms with Crippen LogP contribution < -0.4 is 10.6 Å². The molecule has 0 aromatic heterocycles. The fourth-order valence-electron chi connectivity index (χ4n) is 6.23. The van der Waals surface area contributed by atoms with Gasteiger partial charge in [-0.3, -0.25) is 14.5 Å². The molecule has 3 fully saturated rings. The van der Waals surface area contributed by atoms with Crippen molar-refractivity contribution in [3.63, 3.8) is 0 Å². The molecule has 4 atom stereocenters. The average Bonchev–Trinajstić information content (AvgIpc) is 3.43. The Morgan fingerprint density at radius 3 is 2.90 bits per heavy atom. The molecule has 5 rings (SSSR count). The van der Waals surface area contributed by atoms with Crippen LogP contribution in [0.25, 0.3) is 0 Å². The van der Waals surface area contributed by atoms with Crippen LogP contribution in [0.2, 0.25) is 0 Å². The van der Waals surface area contributed by atoms with Gasteiger partial charge in [0.1, 0.15) is 11.8 Å². The SMILES string of the molecule is C[C@H]1[C@H]2Cc3ccc(O)cc3C1(CCNC(=O)[C@@H]1CCC(=O)N1)CCN2CC1CC1. The van der Waals surface area contributed by atoms with Crippen molar-refractivity contribution in [2.75, 3.05) is 19.6 Å². The standard InChI is InChI=1S/C24H33N3O3/c1-15-21-12-17-4-5-18(28)13-19(17)24(15,9-11-27(21)14-16-2-3-16)8-10-25-23(30)20-6-7-22(29)26-20/h4-5,13,15-16,20-21,28H,2-3,6-12,14H2,1H3,(H,25,30)(H,26,29)/t15-,20-,21+,24?/m0/s1. The van der Waals surface area contributed by atoms with Crippen LogP contribution in [-0.2, 0) is 21.4 Å². The number of carbonyl (C=O) groups is 2. The summed E-state index contributed by atoms with van der Waals surface area (Å²) in [6.07, 6.45) is 6.74. The molecule has 30 heavy (non-hydrogen) atoms. The zero-order valence-corrected chi connectivity index (χ0v) is 17.8. The van der Waals surface area contributed by atoms with Crippen LogP contribution in [0.3, 0.4) is 0 Å². The Balaban J connectivity index is 1.35. The topological polar surface area (TPSA) is 81.7 Å². The van der Waals surface area contributed by atoms with Crippen molar-refractivity contribution in [2.45, 2.75) is 69.4 Å². The van der Waals surface area contributed by atoms with Crippen molar-refractivity contribution in [2.24, 2.45) is 11.8 Å². The van der Waals surface area contributed by atoms with E-state index in [1.165, 1.54) is 30.5 Å². The van der Waals surface area contributed by atoms with Crippen LogP contribution in [0.4, 0.5) is 0 Å². The normalized spacial score (nSPS) is 33.1. The number of likely N-dealkylation sites (tertiary alicyclic amines) is 1. The molecule has 0 spiro atoms. The Hall–Kier alpha value is -2.08. The van der Waals surface area contributed by atoms with E-state index in [0.29, 0.717) is 37.1 Å². The van der Waals surface area contributed by atoms with Crippen LogP contribution in [-0.4, -0.2) is 53.5 Å². The molecule has 1 unspecified atom stereocenters. The van der Waals surface area contributed by atoms with Gasteiger partial charge in [-0.15, -0.1) is 0 Å². The number of rotatable bonds is 6. The summed E-state index contributed by atoms with van der Waals surface area (Å²) in [5, 5.41) is 16.1. The summed E-state index contributed by atoms with van der Waals surface area (Å²) in [7, 11) is 0. The minimum Gasteiger partial charge on any atom is -0.508 e. The molecule has 2 amide bonds. The number of hydrogen-bond acceptors (Lipinski definition) is 4. The predicted octanol–water partition coefficient (Wildman–Crippen LogP) is 2.09. The number of hydrogen-bond donors (Lipinski definition) is 3. The molecule has 2 saturated heterocycles. The highest BCUT2D eigenvalue weighted by molar-refractivity contribution is 5.90. The molecule has 2 aliphatic heterocycles. The number of phenolic OH excluding ortho intramolecular Hbond substituents is 1. The highest BCUT2D eigenvalue weighted by Gasteiger charge is 2.51. The maximum atomic E-state index is 12.5. The van der Waals surface area contributed by atoms with E-state index < -0.39 is 0 Å². The number of carbonyl (C=O) groups excluding carboxylic acids is 2. The summed E-state index contributed by atoms with van der Waals surface area (Å²) in [6.45, 7) is 5.28. The Morgan fingerprint density at radius 1 is 1.33 bits per heavy atom. The van der Waals surface area contributed by atoms with Crippen LogP contribution in [0.15, 0.2) is 18.2 Å². The van der Waals surface area contributed by atoms with Gasteiger partial charge >= 0.3 is 0 Å². The second-order valence-electron chi connectivity index (χ2n) is 9.95. The van der Waals surface area contributed by atoms with Crippen LogP contribution in [0, 0.1) is 11.8 Å². The zero-order valence-electron chi connectivity index (χ0n) is 17.8. The van der Waals surface area contributed by atoms with Gasteiger partial charge in [-0.2, -0.15) is 0 Å². The first kappa shape index (κ1) is 19.9. The fourth-order valence-corrected chi connectivity index (χ4v) is 6.23. The van der Waals surface area contributed by atoms with Crippen LogP contribution >= 0.6 is 0 Å². The maximum Gasteiger partial charge on any atom is 0.242 e. The van der Waals surface area contributed by atoms with Gasteiger partial charge in [0.2, 0.25) is 11.8 Å². The Kier molecular flexibility index (Phi) is 5.00. The lowest BCUT2D eigenvalue weighted by Crippen LogP contribution is -2.60. The molecule has 2 heterocycles. The Bertz CT molecular complexity index is 852. The van der Waals surface area contributed by atoms with E-state index in [9.17, 15) is 14.7 Å². The van der Waals surface area contributed by atoms with Gasteiger partial charge in [0.25, 0.3) is 0 Å². The van der Waals surface area contributed by atoms with E-state index in [-0.39, 0.29) is 23.3 Å². The van der Waals surface area contributed by atoms with Gasteiger partial charge in [-0.1, -0.05) is 13.0 Å². The predicted molar refractivity (Wildman–Crippen MR) is 114 cm³/mol. The van der Waals surface area contributed by atoms with Crippen molar-refractivity contribution in [1.82, 2.24) is 15.5 Å². The highest BCUT2D eigenvalue weighted by atomic mass is 16.3. The summed E-state index contributed by atoms with van der Waals surface area (Å²) >= 11 is 0. The minimum absolute atomic E-state index is 0.0246. The molecule has 2 bridgehead atoms. The number of piperidine rings is 1. The number of phenols is 1. The average molecular weight is 412 g/mol. The molecular weight excluding hydrogens is 378 g/mol. The monoisotopic (exact) mass is 411 g/mol. The first-order chi connectivity index (χ1) is 14.5. The molecule has 162 valence electrons. The molecule has 1 saturated carbocycles. The number of fused-ring (bicyclic) bond motifs is 4. The summed E-state index contributed by atoms with van der Waals surface area (Å²) in [4.78, 5) is 26.6. The molecule has 0 radical (unpaired) electrons. The summed E-state index contributed by atoms with van der Waals surface area (Å²) in [5.41, 5.74) is 2.61. The number of benzene rings is 1. The largest absolute Gasteiger partial charge is 0.508 e. The van der Waals surface area contributed by atoms with Crippen molar-refractivity contribution >= 4 is 11.8 Å². The first-order valence-electron chi connectivity index (χ1n) is 11.6. The second-order valence-corrected chi connectivity index (χ2v) is 9.95. The molecule has 4 aliphatic rings. The van der Waals surface area contributed by atoms with Gasteiger partial charge in [0.05, 0.1) is 0 Å². The van der Waals surface area contributed by atoms with Crippen molar-refractivity contribution in [3.05, 3.63) is 29.3 Å². The van der Waals surface area contributed by atoms with E-state index in [4.69, 9.17) is 0 Å². The number of amides is 2. The van der Waals surface area contributed by atoms with Crippen molar-refractivity contribution in [1.29, 1.82) is 0 Å². The lowest BCUT2D eigenvalue weighted by atomic mass is 9.56. The van der Waals surface area contributed by atoms with Gasteiger partial charge in [0, 0.05) is 31.0 Å². The first-order valence-corrected chi connectivity index (χ1v) is 11.6. The molecule has 1 aromatic carbocycles. The third-order valence-corrected chi connectivity index (χ3v) is 8.19. The van der Waals surface area contributed by atoms with Crippen LogP contribution in [0.1, 0.15) is 56.6 Å². The van der Waals surface area contributed by atoms with E-state index in [1.54, 1.807) is 0 Å². The lowest BCUT2D eigenvalue weighted by molar-refractivity contribution is -0.125. The number of nitrogens with one attached hydrogen (secondary N) is 2. The Morgan fingerprint density at radius 2 is 2.17 bits per heavy atom. The molecule has 2 aliphatic carbocycles. The molecule has 6 nitrogen and oxygen atoms in total. The van der Waals surface area contributed by atoms with E-state index in [1.807, 2.05) is 12.1 Å². The molecule has 6 heteroatoms. The number of nitrogens with zero attached hydrogens (tertiary/aromatic N) is 1. The Labute approximate surface area is 178 Å². The highest BCUT2D eigenvalue weighted by Crippen LogP contribution is 2.52. The van der Waals surface area contributed by atoms with Gasteiger partial charge in [0.15, 0.2) is 0 Å². The van der Waals surface area contributed by atoms with Gasteiger partial charge < -0.3 is 15.7 Å². The fraction of sp³-hybridized carbons (Fsp3) is 0.667. The number of aromatic hydroxyl groups is 1. The third-order valence-electron chi connectivity index (χ3n) is 8.19. The zero-order chi connectivity index (χ0) is 20.9. The van der Waals surface area contributed by atoms with Crippen molar-refractivity contribution in [3.8, 4) is 5.75 Å². The van der Waals surface area contributed by atoms with Gasteiger partial charge in [-0.05, 0) is 80.2 Å². The second kappa shape index (κ2) is 7.56. The smallest absolute Gasteiger partial charge is 0.242 e. The van der Waals surface area contributed by atoms with Crippen molar-refractivity contribution < 1.29 is 14.7 Å². The summed E-state index contributed by atoms with van der Waals surface area (Å²) in [5.74, 6) is 1.58. The minimum atomic E-state index is -0.386. The molecular formula is C24H33N3O3. The van der Waals surface area contributed by atoms with E-state index >= 15 is 0 Å². The quantitative estimate of drug-likeness (QED) is 0.670. The molecule has 3 N–H and O–H groups in total. The van der Waals surface area contributed by atoms with E-state index in [2.05, 4.69) is 28.5 Å². The van der Waals surface area contributed by atoms with Crippen LogP contribution in [0.5, 0.6) is 5.75 Å².